The molecule has 0 spiro atoms. The Bertz CT molecular complexity index is 91.3. The lowest BCUT2D eigenvalue weighted by Crippen LogP contribution is -2.02. The van der Waals surface area contributed by atoms with E-state index in [4.69, 9.17) is 0 Å². The molecule has 0 bridgehead atoms. The van der Waals surface area contributed by atoms with Gasteiger partial charge in [0.1, 0.15) is 0 Å². The van der Waals surface area contributed by atoms with Crippen molar-refractivity contribution in [3.05, 3.63) is 0 Å². The van der Waals surface area contributed by atoms with Gasteiger partial charge in [-0.2, -0.15) is 0 Å². The molecule has 16 heteroatoms. The van der Waals surface area contributed by atoms with E-state index in [9.17, 15) is 51.8 Å². The fraction of sp³-hybridized carbons (Fsp3) is 0. The van der Waals surface area contributed by atoms with Crippen LogP contribution in [0.1, 0.15) is 0 Å². The highest BCUT2D eigenvalue weighted by Crippen LogP contribution is 2.07. The predicted molar refractivity (Wildman–Crippen MR) is 37.8 cm³/mol. The summed E-state index contributed by atoms with van der Waals surface area (Å²) in [7, 11) is -18.0. The molecule has 0 heterocycles. The van der Waals surface area contributed by atoms with Gasteiger partial charge in [-0.25, -0.2) is 0 Å². The van der Waals surface area contributed by atoms with Crippen LogP contribution < -0.4 is 0 Å². The standard InChI is InChI=1S/3BF4.ClH/c3*2-1(3,4)5;/h;;;1H/q3*-1;. The van der Waals surface area contributed by atoms with Crippen LogP contribution in [0.5, 0.6) is 0 Å². The molecule has 0 atom stereocenters. The van der Waals surface area contributed by atoms with Crippen molar-refractivity contribution in [1.29, 1.82) is 0 Å². The topological polar surface area (TPSA) is 0 Å². The van der Waals surface area contributed by atoms with Crippen molar-refractivity contribution in [3.63, 3.8) is 0 Å². The molecule has 104 valence electrons. The molecule has 0 aromatic carbocycles. The first-order valence-corrected chi connectivity index (χ1v) is 2.62. The van der Waals surface area contributed by atoms with E-state index in [1.807, 2.05) is 0 Å². The van der Waals surface area contributed by atoms with E-state index < -0.39 is 21.8 Å². The minimum absolute atomic E-state index is 0. The van der Waals surface area contributed by atoms with Crippen molar-refractivity contribution >= 4 is 34.2 Å². The second-order valence-electron chi connectivity index (χ2n) is 1.48. The third kappa shape index (κ3) is 17300. The van der Waals surface area contributed by atoms with Gasteiger partial charge in [0.05, 0.1) is 0 Å². The van der Waals surface area contributed by atoms with E-state index in [1.165, 1.54) is 0 Å². The molecular weight excluding hydrogens is 296 g/mol. The monoisotopic (exact) mass is 297 g/mol. The SMILES string of the molecule is Cl.F[B-](F)(F)F.F[B-](F)(F)F.F[B-](F)(F)F. The van der Waals surface area contributed by atoms with Gasteiger partial charge >= 0.3 is 21.8 Å². The fourth-order valence-electron chi connectivity index (χ4n) is 0. The van der Waals surface area contributed by atoms with Gasteiger partial charge in [0, 0.05) is 0 Å². The molecule has 0 radical (unpaired) electrons. The van der Waals surface area contributed by atoms with E-state index in [0.717, 1.165) is 0 Å². The Morgan fingerprint density at radius 3 is 0.312 bits per heavy atom. The highest BCUT2D eigenvalue weighted by molar-refractivity contribution is 6.50. The average molecular weight is 297 g/mol. The highest BCUT2D eigenvalue weighted by atomic mass is 35.5. The van der Waals surface area contributed by atoms with Gasteiger partial charge in [-0.3, -0.25) is 0 Å². The molecule has 0 saturated heterocycles. The number of halogens is 13. The second kappa shape index (κ2) is 8.76. The van der Waals surface area contributed by atoms with Crippen molar-refractivity contribution in [2.24, 2.45) is 0 Å². The fourth-order valence-corrected chi connectivity index (χ4v) is 0. The Morgan fingerprint density at radius 1 is 0.312 bits per heavy atom. The lowest BCUT2D eigenvalue weighted by atomic mass is 10.3. The van der Waals surface area contributed by atoms with E-state index >= 15 is 0 Å². The molecule has 0 rings (SSSR count). The van der Waals surface area contributed by atoms with Gasteiger partial charge in [0.2, 0.25) is 0 Å². The van der Waals surface area contributed by atoms with Crippen LogP contribution in [0, 0.1) is 0 Å². The van der Waals surface area contributed by atoms with Gasteiger partial charge in [-0.1, -0.05) is 0 Å². The first kappa shape index (κ1) is 24.7. The van der Waals surface area contributed by atoms with Crippen LogP contribution in [0.25, 0.3) is 0 Å². The Morgan fingerprint density at radius 2 is 0.312 bits per heavy atom. The molecule has 0 aromatic heterocycles. The summed E-state index contributed by atoms with van der Waals surface area (Å²) in [6.07, 6.45) is 0. The summed E-state index contributed by atoms with van der Waals surface area (Å²) < 4.78 is 117. The summed E-state index contributed by atoms with van der Waals surface area (Å²) in [5, 5.41) is 0. The first-order chi connectivity index (χ1) is 6.00. The summed E-state index contributed by atoms with van der Waals surface area (Å²) in [4.78, 5) is 0. The molecule has 0 aliphatic carbocycles. The van der Waals surface area contributed by atoms with Crippen molar-refractivity contribution in [2.75, 3.05) is 0 Å². The zero-order chi connectivity index (χ0) is 13.5. The molecule has 0 fully saturated rings. The van der Waals surface area contributed by atoms with Crippen LogP contribution in [-0.2, 0) is 0 Å². The number of hydrogen-bond donors (Lipinski definition) is 0. The van der Waals surface area contributed by atoms with Gasteiger partial charge < -0.3 is 51.8 Å². The normalized spacial score (nSPS) is 11.2. The molecule has 0 N–H and O–H groups in total. The first-order valence-electron chi connectivity index (χ1n) is 2.62. The molecule has 0 aromatic rings. The van der Waals surface area contributed by atoms with Crippen LogP contribution in [0.3, 0.4) is 0 Å². The summed E-state index contributed by atoms with van der Waals surface area (Å²) in [6, 6.07) is 0. The van der Waals surface area contributed by atoms with Crippen molar-refractivity contribution in [1.82, 2.24) is 0 Å². The maximum Gasteiger partial charge on any atom is 0.673 e. The number of hydrogen-bond acceptors (Lipinski definition) is 0. The maximum absolute atomic E-state index is 9.75. The van der Waals surface area contributed by atoms with Crippen LogP contribution in [0.4, 0.5) is 51.8 Å². The third-order valence-corrected chi connectivity index (χ3v) is 0. The molecular formula is HB3ClF12-3. The van der Waals surface area contributed by atoms with E-state index in [0.29, 0.717) is 0 Å². The second-order valence-corrected chi connectivity index (χ2v) is 1.48. The van der Waals surface area contributed by atoms with Crippen molar-refractivity contribution < 1.29 is 51.8 Å². The molecule has 0 amide bonds. The zero-order valence-electron chi connectivity index (χ0n) is 6.68. The third-order valence-electron chi connectivity index (χ3n) is 0. The smallest absolute Gasteiger partial charge is 0.418 e. The Kier molecular flexibility index (Phi) is 13.5. The minimum atomic E-state index is -6.00. The summed E-state index contributed by atoms with van der Waals surface area (Å²) in [5.74, 6) is 0. The molecule has 0 unspecified atom stereocenters. The average Bonchev–Trinajstić information content (AvgIpc) is 1.41. The molecule has 0 nitrogen and oxygen atoms in total. The van der Waals surface area contributed by atoms with Gasteiger partial charge in [0.25, 0.3) is 0 Å². The van der Waals surface area contributed by atoms with Crippen LogP contribution >= 0.6 is 12.4 Å². The van der Waals surface area contributed by atoms with Gasteiger partial charge in [0.15, 0.2) is 0 Å². The Labute approximate surface area is 87.1 Å². The molecule has 0 saturated carbocycles. The van der Waals surface area contributed by atoms with Gasteiger partial charge in [-0.05, 0) is 0 Å². The van der Waals surface area contributed by atoms with Crippen LogP contribution in [0.2, 0.25) is 0 Å². The van der Waals surface area contributed by atoms with E-state index in [-0.39, 0.29) is 12.4 Å². The Hall–Kier alpha value is -0.355. The Balaban J connectivity index is -0.0000000655. The van der Waals surface area contributed by atoms with Crippen LogP contribution in [0.15, 0.2) is 0 Å². The van der Waals surface area contributed by atoms with E-state index in [2.05, 4.69) is 0 Å². The quantitative estimate of drug-likeness (QED) is 0.461. The largest absolute Gasteiger partial charge is 0.673 e. The van der Waals surface area contributed by atoms with Crippen LogP contribution in [-0.4, -0.2) is 21.8 Å². The zero-order valence-corrected chi connectivity index (χ0v) is 7.49. The van der Waals surface area contributed by atoms with E-state index in [1.54, 1.807) is 0 Å². The van der Waals surface area contributed by atoms with Crippen molar-refractivity contribution in [3.8, 4) is 0 Å². The predicted octanol–water partition coefficient (Wildman–Crippen LogP) is 4.32. The number of rotatable bonds is 0. The molecule has 16 heavy (non-hydrogen) atoms. The van der Waals surface area contributed by atoms with Gasteiger partial charge in [-0.15, -0.1) is 12.4 Å². The molecule has 0 aliphatic heterocycles. The van der Waals surface area contributed by atoms with Crippen molar-refractivity contribution in [2.45, 2.75) is 0 Å². The minimum Gasteiger partial charge on any atom is -0.418 e. The molecule has 0 aliphatic rings. The summed E-state index contributed by atoms with van der Waals surface area (Å²) in [6.45, 7) is 0. The lowest BCUT2D eigenvalue weighted by Gasteiger charge is -1.94. The maximum atomic E-state index is 9.75. The highest BCUT2D eigenvalue weighted by Gasteiger charge is 2.21. The summed E-state index contributed by atoms with van der Waals surface area (Å²) >= 11 is 0. The summed E-state index contributed by atoms with van der Waals surface area (Å²) in [5.41, 5.74) is 0. The lowest BCUT2D eigenvalue weighted by molar-refractivity contribution is 0.366.